The van der Waals surface area contributed by atoms with E-state index < -0.39 is 68.2 Å². The van der Waals surface area contributed by atoms with Crippen molar-refractivity contribution >= 4 is 39.1 Å². The van der Waals surface area contributed by atoms with Crippen LogP contribution in [0.25, 0.3) is 0 Å². The number of hydrogen-bond donors (Lipinski definition) is 1. The second-order valence-corrected chi connectivity index (χ2v) is 13.3. The number of halogens is 5. The lowest BCUT2D eigenvalue weighted by molar-refractivity contribution is -0.140. The Bertz CT molecular complexity index is 1540. The third-order valence-corrected chi connectivity index (χ3v) is 7.73. The van der Waals surface area contributed by atoms with Crippen molar-refractivity contribution in [3.05, 3.63) is 100 Å². The summed E-state index contributed by atoms with van der Waals surface area (Å²) in [6, 6.07) is 15.3. The maximum Gasteiger partial charge on any atom is 0.417 e. The molecule has 2 amide bonds. The lowest BCUT2D eigenvalue weighted by Gasteiger charge is -2.35. The molecule has 0 aliphatic heterocycles. The van der Waals surface area contributed by atoms with E-state index in [1.165, 1.54) is 24.3 Å². The molecule has 13 heteroatoms. The normalized spacial score (nSPS) is 12.9. The Morgan fingerprint density at radius 1 is 0.930 bits per heavy atom. The van der Waals surface area contributed by atoms with E-state index in [2.05, 4.69) is 5.32 Å². The lowest BCUT2D eigenvalue weighted by Crippen LogP contribution is -2.56. The van der Waals surface area contributed by atoms with E-state index >= 15 is 0 Å². The number of carbonyl (C=O) groups excluding carboxylic acids is 2. The molecule has 0 saturated heterocycles. The van der Waals surface area contributed by atoms with Crippen LogP contribution in [0.2, 0.25) is 5.02 Å². The molecule has 1 atom stereocenters. The molecule has 3 rings (SSSR count). The molecule has 0 aromatic heterocycles. The molecule has 0 aliphatic rings. The summed E-state index contributed by atoms with van der Waals surface area (Å²) in [7, 11) is -4.31. The van der Waals surface area contributed by atoms with E-state index in [-0.39, 0.29) is 13.0 Å². The summed E-state index contributed by atoms with van der Waals surface area (Å²) in [5.74, 6) is -1.94. The molecule has 232 valence electrons. The monoisotopic (exact) mass is 641 g/mol. The molecule has 0 radical (unpaired) electrons. The first-order valence-corrected chi connectivity index (χ1v) is 15.3. The first-order valence-electron chi connectivity index (χ1n) is 13.1. The standard InChI is InChI=1S/C30H32ClF4N3O4S/c1-29(2,3)36-28(40)26(16-20-8-6-5-7-9-20)37(18-21-10-12-22(32)13-11-21)27(39)19-38(43(4,41)42)23-14-15-25(31)24(17-23)30(33,34)35/h5-15,17,26H,16,18-19H2,1-4H3,(H,36,40)/t26-/m0/s1. The van der Waals surface area contributed by atoms with Gasteiger partial charge in [0.15, 0.2) is 0 Å². The molecule has 0 fully saturated rings. The van der Waals surface area contributed by atoms with E-state index in [0.29, 0.717) is 21.5 Å². The smallest absolute Gasteiger partial charge is 0.350 e. The topological polar surface area (TPSA) is 86.8 Å². The van der Waals surface area contributed by atoms with Crippen LogP contribution >= 0.6 is 11.6 Å². The summed E-state index contributed by atoms with van der Waals surface area (Å²) >= 11 is 5.73. The van der Waals surface area contributed by atoms with Gasteiger partial charge < -0.3 is 10.2 Å². The van der Waals surface area contributed by atoms with E-state index in [0.717, 1.165) is 23.3 Å². The molecule has 0 bridgehead atoms. The van der Waals surface area contributed by atoms with Crippen molar-refractivity contribution in [3.63, 3.8) is 0 Å². The summed E-state index contributed by atoms with van der Waals surface area (Å²) in [6.45, 7) is 4.11. The quantitative estimate of drug-likeness (QED) is 0.283. The van der Waals surface area contributed by atoms with E-state index in [1.807, 2.05) is 0 Å². The van der Waals surface area contributed by atoms with Gasteiger partial charge in [-0.15, -0.1) is 0 Å². The molecule has 0 heterocycles. The maximum atomic E-state index is 14.0. The number of anilines is 1. The van der Waals surface area contributed by atoms with Crippen molar-refractivity contribution in [2.75, 3.05) is 17.1 Å². The summed E-state index contributed by atoms with van der Waals surface area (Å²) in [5.41, 5.74) is -1.28. The van der Waals surface area contributed by atoms with Crippen LogP contribution < -0.4 is 9.62 Å². The second-order valence-electron chi connectivity index (χ2n) is 11.0. The minimum absolute atomic E-state index is 0.0354. The van der Waals surface area contributed by atoms with Gasteiger partial charge in [-0.3, -0.25) is 13.9 Å². The second kappa shape index (κ2) is 13.3. The number of hydrogen-bond acceptors (Lipinski definition) is 4. The molecule has 0 unspecified atom stereocenters. The van der Waals surface area contributed by atoms with Crippen LogP contribution in [0.15, 0.2) is 72.8 Å². The maximum absolute atomic E-state index is 14.0. The van der Waals surface area contributed by atoms with Gasteiger partial charge in [0.25, 0.3) is 0 Å². The van der Waals surface area contributed by atoms with E-state index in [4.69, 9.17) is 11.6 Å². The van der Waals surface area contributed by atoms with Crippen LogP contribution in [-0.4, -0.2) is 49.5 Å². The Labute approximate surface area is 253 Å². The van der Waals surface area contributed by atoms with E-state index in [9.17, 15) is 35.6 Å². The average molecular weight is 642 g/mol. The largest absolute Gasteiger partial charge is 0.417 e. The Balaban J connectivity index is 2.11. The van der Waals surface area contributed by atoms with Crippen LogP contribution in [0.5, 0.6) is 0 Å². The number of sulfonamides is 1. The fourth-order valence-corrected chi connectivity index (χ4v) is 5.36. The Morgan fingerprint density at radius 3 is 2.07 bits per heavy atom. The van der Waals surface area contributed by atoms with Gasteiger partial charge in [0.1, 0.15) is 18.4 Å². The number of nitrogens with zero attached hydrogens (tertiary/aromatic N) is 2. The highest BCUT2D eigenvalue weighted by Gasteiger charge is 2.37. The van der Waals surface area contributed by atoms with Crippen molar-refractivity contribution in [3.8, 4) is 0 Å². The summed E-state index contributed by atoms with van der Waals surface area (Å²) in [5, 5.41) is 2.21. The lowest BCUT2D eigenvalue weighted by atomic mass is 10.0. The van der Waals surface area contributed by atoms with Gasteiger partial charge in [0.05, 0.1) is 22.5 Å². The molecule has 3 aromatic rings. The van der Waals surface area contributed by atoms with Gasteiger partial charge in [0, 0.05) is 18.5 Å². The average Bonchev–Trinajstić information content (AvgIpc) is 2.89. The number of benzene rings is 3. The predicted octanol–water partition coefficient (Wildman–Crippen LogP) is 5.82. The predicted molar refractivity (Wildman–Crippen MR) is 157 cm³/mol. The molecule has 43 heavy (non-hydrogen) atoms. The fraction of sp³-hybridized carbons (Fsp3) is 0.333. The Morgan fingerprint density at radius 2 is 1.53 bits per heavy atom. The number of rotatable bonds is 10. The zero-order valence-corrected chi connectivity index (χ0v) is 25.5. The number of amides is 2. The number of nitrogens with one attached hydrogen (secondary N) is 1. The van der Waals surface area contributed by atoms with Gasteiger partial charge in [-0.1, -0.05) is 54.1 Å². The molecule has 1 N–H and O–H groups in total. The zero-order valence-electron chi connectivity index (χ0n) is 24.0. The fourth-order valence-electron chi connectivity index (χ4n) is 4.29. The van der Waals surface area contributed by atoms with Crippen LogP contribution in [-0.2, 0) is 38.8 Å². The highest BCUT2D eigenvalue weighted by molar-refractivity contribution is 7.92. The molecule has 0 aliphatic carbocycles. The summed E-state index contributed by atoms with van der Waals surface area (Å²) in [4.78, 5) is 28.8. The highest BCUT2D eigenvalue weighted by atomic mass is 35.5. The third-order valence-electron chi connectivity index (χ3n) is 6.26. The molecular formula is C30H32ClF4N3O4S. The summed E-state index contributed by atoms with van der Waals surface area (Å²) < 4.78 is 80.6. The minimum Gasteiger partial charge on any atom is -0.350 e. The zero-order chi connectivity index (χ0) is 32.2. The van der Waals surface area contributed by atoms with Gasteiger partial charge in [-0.05, 0) is 62.2 Å². The van der Waals surface area contributed by atoms with Crippen molar-refractivity contribution < 1.29 is 35.6 Å². The molecular weight excluding hydrogens is 610 g/mol. The molecule has 7 nitrogen and oxygen atoms in total. The molecule has 3 aromatic carbocycles. The third kappa shape index (κ3) is 9.69. The van der Waals surface area contributed by atoms with Gasteiger partial charge in [-0.25, -0.2) is 12.8 Å². The van der Waals surface area contributed by atoms with Gasteiger partial charge in [-0.2, -0.15) is 13.2 Å². The first-order chi connectivity index (χ1) is 19.8. The minimum atomic E-state index is -4.89. The SMILES string of the molecule is CC(C)(C)NC(=O)[C@H](Cc1ccccc1)N(Cc1ccc(F)cc1)C(=O)CN(c1ccc(Cl)c(C(F)(F)F)c1)S(C)(=O)=O. The van der Waals surface area contributed by atoms with Gasteiger partial charge >= 0.3 is 6.18 Å². The highest BCUT2D eigenvalue weighted by Crippen LogP contribution is 2.37. The Kier molecular flexibility index (Phi) is 10.5. The van der Waals surface area contributed by atoms with Crippen molar-refractivity contribution in [2.24, 2.45) is 0 Å². The first kappa shape index (κ1) is 33.9. The van der Waals surface area contributed by atoms with Crippen molar-refractivity contribution in [2.45, 2.75) is 51.5 Å². The van der Waals surface area contributed by atoms with Gasteiger partial charge in [0.2, 0.25) is 21.8 Å². The Hall–Kier alpha value is -3.64. The number of alkyl halides is 3. The van der Waals surface area contributed by atoms with Crippen molar-refractivity contribution in [1.82, 2.24) is 10.2 Å². The number of carbonyl (C=O) groups is 2. The molecule has 0 spiro atoms. The van der Waals surface area contributed by atoms with Crippen LogP contribution in [0, 0.1) is 5.82 Å². The van der Waals surface area contributed by atoms with Crippen molar-refractivity contribution in [1.29, 1.82) is 0 Å². The summed E-state index contributed by atoms with van der Waals surface area (Å²) in [6.07, 6.45) is -4.10. The van der Waals surface area contributed by atoms with Crippen LogP contribution in [0.1, 0.15) is 37.5 Å². The molecule has 0 saturated carbocycles. The van der Waals surface area contributed by atoms with Crippen LogP contribution in [0.4, 0.5) is 23.2 Å². The van der Waals surface area contributed by atoms with Crippen LogP contribution in [0.3, 0.4) is 0 Å². The van der Waals surface area contributed by atoms with E-state index in [1.54, 1.807) is 51.1 Å².